The number of carbonyl (C=O) groups is 1. The molecule has 6 heteroatoms. The van der Waals surface area contributed by atoms with Crippen molar-refractivity contribution in [2.45, 2.75) is 6.43 Å². The van der Waals surface area contributed by atoms with Crippen LogP contribution in [-0.4, -0.2) is 16.4 Å². The van der Waals surface area contributed by atoms with Crippen LogP contribution in [0.25, 0.3) is 0 Å². The predicted octanol–water partition coefficient (Wildman–Crippen LogP) is 2.19. The summed E-state index contributed by atoms with van der Waals surface area (Å²) in [7, 11) is 0. The summed E-state index contributed by atoms with van der Waals surface area (Å²) in [5, 5.41) is 8.50. The zero-order valence-electron chi connectivity index (χ0n) is 6.17. The van der Waals surface area contributed by atoms with Gasteiger partial charge in [-0.3, -0.25) is 4.79 Å². The first-order chi connectivity index (χ1) is 6.06. The Morgan fingerprint density at radius 1 is 1.62 bits per heavy atom. The highest BCUT2D eigenvalue weighted by atomic mass is 35.5. The monoisotopic (exact) mass is 207 g/mol. The van der Waals surface area contributed by atoms with Gasteiger partial charge in [0.25, 0.3) is 6.43 Å². The van der Waals surface area contributed by atoms with Crippen LogP contribution in [0.1, 0.15) is 22.5 Å². The molecule has 0 unspecified atom stereocenters. The lowest BCUT2D eigenvalue weighted by Gasteiger charge is -2.04. The molecule has 1 heterocycles. The minimum atomic E-state index is -2.89. The normalized spacial score (nSPS) is 10.5. The largest absolute Gasteiger partial charge is 0.504 e. The number of rotatable bonds is 2. The van der Waals surface area contributed by atoms with Crippen molar-refractivity contribution in [3.05, 3.63) is 22.5 Å². The minimum Gasteiger partial charge on any atom is -0.504 e. The Kier molecular flexibility index (Phi) is 2.77. The topological polar surface area (TPSA) is 50.2 Å². The van der Waals surface area contributed by atoms with Crippen molar-refractivity contribution >= 4 is 17.9 Å². The molecule has 1 aromatic heterocycles. The number of aromatic hydroxyl groups is 1. The van der Waals surface area contributed by atoms with Gasteiger partial charge in [0.05, 0.1) is 5.56 Å². The molecule has 0 aromatic carbocycles. The van der Waals surface area contributed by atoms with Gasteiger partial charge in [0.15, 0.2) is 17.2 Å². The number of nitrogens with zero attached hydrogens (tertiary/aromatic N) is 1. The van der Waals surface area contributed by atoms with Crippen molar-refractivity contribution in [1.29, 1.82) is 0 Å². The van der Waals surface area contributed by atoms with E-state index in [0.29, 0.717) is 0 Å². The standard InChI is InChI=1S/C7H4ClF2NO2/c8-6-5(13)4(7(9)10)1-3(2-12)11-6/h1-2,7,13H. The SMILES string of the molecule is O=Cc1cc(C(F)F)c(O)c(Cl)n1. The molecule has 0 fully saturated rings. The minimum absolute atomic E-state index is 0.238. The smallest absolute Gasteiger partial charge is 0.267 e. The average molecular weight is 208 g/mol. The van der Waals surface area contributed by atoms with Gasteiger partial charge in [-0.1, -0.05) is 11.6 Å². The number of carbonyl (C=O) groups excluding carboxylic acids is 1. The average Bonchev–Trinajstić information content (AvgIpc) is 2.09. The maximum Gasteiger partial charge on any atom is 0.267 e. The summed E-state index contributed by atoms with van der Waals surface area (Å²) in [6, 6.07) is 0.791. The number of pyridine rings is 1. The van der Waals surface area contributed by atoms with Crippen molar-refractivity contribution in [2.24, 2.45) is 0 Å². The molecule has 0 bridgehead atoms. The van der Waals surface area contributed by atoms with Crippen LogP contribution in [0, 0.1) is 0 Å². The summed E-state index contributed by atoms with van der Waals surface area (Å²) >= 11 is 5.29. The van der Waals surface area contributed by atoms with Gasteiger partial charge in [-0.25, -0.2) is 13.8 Å². The van der Waals surface area contributed by atoms with Gasteiger partial charge in [0.1, 0.15) is 5.69 Å². The first kappa shape index (κ1) is 9.85. The van der Waals surface area contributed by atoms with Crippen molar-refractivity contribution < 1.29 is 18.7 Å². The molecule has 1 aromatic rings. The molecule has 0 amide bonds. The van der Waals surface area contributed by atoms with E-state index in [4.69, 9.17) is 16.7 Å². The van der Waals surface area contributed by atoms with Gasteiger partial charge in [0, 0.05) is 0 Å². The number of aldehydes is 1. The van der Waals surface area contributed by atoms with Gasteiger partial charge in [-0.05, 0) is 6.07 Å². The van der Waals surface area contributed by atoms with E-state index in [0.717, 1.165) is 6.07 Å². The van der Waals surface area contributed by atoms with Gasteiger partial charge in [0.2, 0.25) is 0 Å². The second kappa shape index (κ2) is 3.66. The van der Waals surface area contributed by atoms with Crippen molar-refractivity contribution in [3.8, 4) is 5.75 Å². The fraction of sp³-hybridized carbons (Fsp3) is 0.143. The first-order valence-electron chi connectivity index (χ1n) is 3.19. The predicted molar refractivity (Wildman–Crippen MR) is 41.3 cm³/mol. The summed E-state index contributed by atoms with van der Waals surface area (Å²) in [5.41, 5.74) is -0.930. The summed E-state index contributed by atoms with van der Waals surface area (Å²) in [5.74, 6) is -0.790. The van der Waals surface area contributed by atoms with Crippen molar-refractivity contribution in [2.75, 3.05) is 0 Å². The molecule has 0 radical (unpaired) electrons. The second-order valence-corrected chi connectivity index (χ2v) is 2.55. The van der Waals surface area contributed by atoms with E-state index in [9.17, 15) is 13.6 Å². The van der Waals surface area contributed by atoms with E-state index in [-0.39, 0.29) is 12.0 Å². The van der Waals surface area contributed by atoms with Crippen LogP contribution in [0.5, 0.6) is 5.75 Å². The first-order valence-corrected chi connectivity index (χ1v) is 3.56. The summed E-state index contributed by atoms with van der Waals surface area (Å²) in [4.78, 5) is 13.5. The Morgan fingerprint density at radius 2 is 2.23 bits per heavy atom. The van der Waals surface area contributed by atoms with E-state index in [2.05, 4.69) is 4.98 Å². The van der Waals surface area contributed by atoms with Crippen LogP contribution in [0.15, 0.2) is 6.07 Å². The van der Waals surface area contributed by atoms with E-state index in [1.54, 1.807) is 0 Å². The van der Waals surface area contributed by atoms with E-state index >= 15 is 0 Å². The lowest BCUT2D eigenvalue weighted by molar-refractivity contribution is 0.111. The molecular weight excluding hydrogens is 204 g/mol. The Morgan fingerprint density at radius 3 is 2.69 bits per heavy atom. The quantitative estimate of drug-likeness (QED) is 0.597. The number of alkyl halides is 2. The van der Waals surface area contributed by atoms with Gasteiger partial charge in [-0.15, -0.1) is 0 Å². The second-order valence-electron chi connectivity index (χ2n) is 2.19. The molecule has 0 atom stereocenters. The molecule has 13 heavy (non-hydrogen) atoms. The molecule has 0 aliphatic rings. The lowest BCUT2D eigenvalue weighted by atomic mass is 10.2. The third-order valence-corrected chi connectivity index (χ3v) is 1.62. The van der Waals surface area contributed by atoms with E-state index in [1.807, 2.05) is 0 Å². The molecule has 0 saturated carbocycles. The maximum absolute atomic E-state index is 12.2. The highest BCUT2D eigenvalue weighted by molar-refractivity contribution is 6.31. The van der Waals surface area contributed by atoms with Crippen LogP contribution in [-0.2, 0) is 0 Å². The fourth-order valence-corrected chi connectivity index (χ4v) is 0.979. The Balaban J connectivity index is 3.32. The third-order valence-electron chi connectivity index (χ3n) is 1.36. The maximum atomic E-state index is 12.2. The molecule has 3 nitrogen and oxygen atoms in total. The molecule has 0 aliphatic carbocycles. The van der Waals surface area contributed by atoms with Gasteiger partial charge >= 0.3 is 0 Å². The molecule has 0 saturated heterocycles. The molecular formula is C7H4ClF2NO2. The molecule has 1 rings (SSSR count). The number of halogens is 3. The van der Waals surface area contributed by atoms with Gasteiger partial charge < -0.3 is 5.11 Å². The third kappa shape index (κ3) is 1.92. The van der Waals surface area contributed by atoms with E-state index in [1.165, 1.54) is 0 Å². The van der Waals surface area contributed by atoms with E-state index < -0.39 is 22.9 Å². The lowest BCUT2D eigenvalue weighted by Crippen LogP contribution is -1.94. The fourth-order valence-electron chi connectivity index (χ4n) is 0.772. The van der Waals surface area contributed by atoms with Crippen LogP contribution in [0.4, 0.5) is 8.78 Å². The number of aromatic nitrogens is 1. The molecule has 0 aliphatic heterocycles. The van der Waals surface area contributed by atoms with Crippen LogP contribution in [0.2, 0.25) is 5.15 Å². The van der Waals surface area contributed by atoms with Gasteiger partial charge in [-0.2, -0.15) is 0 Å². The van der Waals surface area contributed by atoms with Crippen molar-refractivity contribution in [3.63, 3.8) is 0 Å². The zero-order chi connectivity index (χ0) is 10.0. The highest BCUT2D eigenvalue weighted by Gasteiger charge is 2.17. The molecule has 1 N–H and O–H groups in total. The Labute approximate surface area is 77.0 Å². The van der Waals surface area contributed by atoms with Crippen LogP contribution < -0.4 is 0 Å². The summed E-state index contributed by atoms with van der Waals surface area (Å²) in [6.07, 6.45) is -2.61. The highest BCUT2D eigenvalue weighted by Crippen LogP contribution is 2.32. The molecule has 70 valence electrons. The van der Waals surface area contributed by atoms with Crippen LogP contribution in [0.3, 0.4) is 0 Å². The zero-order valence-corrected chi connectivity index (χ0v) is 6.92. The number of hydrogen-bond acceptors (Lipinski definition) is 3. The van der Waals surface area contributed by atoms with Crippen molar-refractivity contribution in [1.82, 2.24) is 4.98 Å². The number of hydrogen-bond donors (Lipinski definition) is 1. The molecule has 0 spiro atoms. The summed E-state index contributed by atoms with van der Waals surface area (Å²) in [6.45, 7) is 0. The van der Waals surface area contributed by atoms with Crippen LogP contribution >= 0.6 is 11.6 Å². The Bertz CT molecular complexity index is 344. The summed E-state index contributed by atoms with van der Waals surface area (Å²) < 4.78 is 24.3. The Hall–Kier alpha value is -1.23.